The fourth-order valence-corrected chi connectivity index (χ4v) is 3.23. The van der Waals surface area contributed by atoms with Gasteiger partial charge >= 0.3 is 0 Å². The van der Waals surface area contributed by atoms with E-state index in [-0.39, 0.29) is 17.9 Å². The van der Waals surface area contributed by atoms with E-state index in [2.05, 4.69) is 30.8 Å². The van der Waals surface area contributed by atoms with Crippen LogP contribution in [0.3, 0.4) is 0 Å². The van der Waals surface area contributed by atoms with Crippen molar-refractivity contribution in [1.29, 1.82) is 0 Å². The zero-order valence-electron chi connectivity index (χ0n) is 17.0. The molecule has 1 amide bonds. The normalized spacial score (nSPS) is 11.8. The van der Waals surface area contributed by atoms with Crippen LogP contribution >= 0.6 is 0 Å². The molecule has 2 aromatic rings. The maximum Gasteiger partial charge on any atom is 0.258 e. The van der Waals surface area contributed by atoms with Crippen molar-refractivity contribution in [2.75, 3.05) is 17.6 Å². The van der Waals surface area contributed by atoms with Gasteiger partial charge in [-0.1, -0.05) is 45.0 Å². The van der Waals surface area contributed by atoms with Crippen LogP contribution in [0.2, 0.25) is 0 Å². The molecule has 2 rings (SSSR count). The van der Waals surface area contributed by atoms with Gasteiger partial charge in [-0.25, -0.2) is 8.42 Å². The lowest BCUT2D eigenvalue weighted by molar-refractivity contribution is -0.123. The fourth-order valence-electron chi connectivity index (χ4n) is 2.60. The zero-order chi connectivity index (χ0) is 20.9. The topological polar surface area (TPSA) is 84.5 Å². The number of ether oxygens (including phenoxy) is 1. The van der Waals surface area contributed by atoms with Crippen molar-refractivity contribution in [3.8, 4) is 5.75 Å². The minimum Gasteiger partial charge on any atom is -0.484 e. The summed E-state index contributed by atoms with van der Waals surface area (Å²) >= 11 is 0. The summed E-state index contributed by atoms with van der Waals surface area (Å²) < 4.78 is 30.6. The Morgan fingerprint density at radius 1 is 1.07 bits per heavy atom. The van der Waals surface area contributed by atoms with Crippen molar-refractivity contribution in [2.45, 2.75) is 39.7 Å². The third-order valence-electron chi connectivity index (χ3n) is 4.17. The van der Waals surface area contributed by atoms with Crippen molar-refractivity contribution in [1.82, 2.24) is 5.32 Å². The third-order valence-corrected chi connectivity index (χ3v) is 4.76. The van der Waals surface area contributed by atoms with Gasteiger partial charge in [0.1, 0.15) is 5.75 Å². The van der Waals surface area contributed by atoms with Gasteiger partial charge in [0.2, 0.25) is 10.0 Å². The summed E-state index contributed by atoms with van der Waals surface area (Å²) in [5, 5.41) is 2.80. The molecule has 2 N–H and O–H groups in total. The van der Waals surface area contributed by atoms with Crippen molar-refractivity contribution in [3.05, 3.63) is 59.2 Å². The molecule has 0 saturated heterocycles. The highest BCUT2D eigenvalue weighted by molar-refractivity contribution is 7.92. The molecule has 0 aliphatic rings. The Bertz CT molecular complexity index is 930. The Balaban J connectivity index is 1.85. The number of sulfonamides is 1. The summed E-state index contributed by atoms with van der Waals surface area (Å²) in [5.74, 6) is 0.422. The first-order valence-electron chi connectivity index (χ1n) is 9.01. The van der Waals surface area contributed by atoms with Crippen LogP contribution in [-0.4, -0.2) is 27.2 Å². The van der Waals surface area contributed by atoms with E-state index in [1.54, 1.807) is 12.1 Å². The van der Waals surface area contributed by atoms with E-state index in [4.69, 9.17) is 4.74 Å². The van der Waals surface area contributed by atoms with Crippen LogP contribution in [0.15, 0.2) is 42.5 Å². The zero-order valence-corrected chi connectivity index (χ0v) is 17.8. The Hall–Kier alpha value is -2.54. The molecule has 0 aromatic heterocycles. The second kappa shape index (κ2) is 8.65. The van der Waals surface area contributed by atoms with Gasteiger partial charge in [0.25, 0.3) is 5.91 Å². The molecule has 7 heteroatoms. The predicted molar refractivity (Wildman–Crippen MR) is 112 cm³/mol. The average Bonchev–Trinajstić information content (AvgIpc) is 2.59. The van der Waals surface area contributed by atoms with Crippen LogP contribution in [0.5, 0.6) is 5.75 Å². The molecule has 0 aliphatic heterocycles. The molecule has 0 fully saturated rings. The molecule has 6 nitrogen and oxygen atoms in total. The standard InChI is InChI=1S/C21H28N2O4S/c1-15-12-16(6-11-19(15)23-28(5,25)26)13-22-20(24)14-27-18-9-7-17(8-10-18)21(2,3)4/h6-12,23H,13-14H2,1-5H3,(H,22,24). The van der Waals surface area contributed by atoms with Crippen LogP contribution in [0.1, 0.15) is 37.5 Å². The highest BCUT2D eigenvalue weighted by Gasteiger charge is 2.13. The summed E-state index contributed by atoms with van der Waals surface area (Å²) in [6.45, 7) is 8.50. The molecule has 0 heterocycles. The Kier molecular flexibility index (Phi) is 6.72. The number of hydrogen-bond acceptors (Lipinski definition) is 4. The lowest BCUT2D eigenvalue weighted by atomic mass is 9.87. The van der Waals surface area contributed by atoms with E-state index >= 15 is 0 Å². The third kappa shape index (κ3) is 6.88. The molecule has 152 valence electrons. The minimum absolute atomic E-state index is 0.0679. The average molecular weight is 405 g/mol. The van der Waals surface area contributed by atoms with Crippen molar-refractivity contribution in [2.24, 2.45) is 0 Å². The molecule has 0 aliphatic carbocycles. The molecule has 0 radical (unpaired) electrons. The first-order valence-corrected chi connectivity index (χ1v) is 10.9. The molecular weight excluding hydrogens is 376 g/mol. The number of carbonyl (C=O) groups excluding carboxylic acids is 1. The molecule has 0 spiro atoms. The highest BCUT2D eigenvalue weighted by Crippen LogP contribution is 2.24. The van der Waals surface area contributed by atoms with E-state index < -0.39 is 10.0 Å². The summed E-state index contributed by atoms with van der Waals surface area (Å²) in [5.41, 5.74) is 3.46. The quantitative estimate of drug-likeness (QED) is 0.741. The van der Waals surface area contributed by atoms with Crippen LogP contribution in [0.4, 0.5) is 5.69 Å². The van der Waals surface area contributed by atoms with Gasteiger partial charge in [0, 0.05) is 6.54 Å². The van der Waals surface area contributed by atoms with Crippen molar-refractivity contribution < 1.29 is 17.9 Å². The van der Waals surface area contributed by atoms with Gasteiger partial charge in [-0.05, 0) is 47.2 Å². The van der Waals surface area contributed by atoms with Gasteiger partial charge in [-0.2, -0.15) is 0 Å². The van der Waals surface area contributed by atoms with E-state index in [1.807, 2.05) is 37.3 Å². The van der Waals surface area contributed by atoms with Crippen LogP contribution in [0.25, 0.3) is 0 Å². The molecule has 0 atom stereocenters. The molecule has 0 saturated carbocycles. The van der Waals surface area contributed by atoms with E-state index in [0.29, 0.717) is 18.0 Å². The van der Waals surface area contributed by atoms with Crippen LogP contribution in [0, 0.1) is 6.92 Å². The van der Waals surface area contributed by atoms with Gasteiger partial charge in [0.05, 0.1) is 11.9 Å². The van der Waals surface area contributed by atoms with Gasteiger partial charge in [0.15, 0.2) is 6.61 Å². The summed E-state index contributed by atoms with van der Waals surface area (Å²) in [6.07, 6.45) is 1.11. The SMILES string of the molecule is Cc1cc(CNC(=O)COc2ccc(C(C)(C)C)cc2)ccc1NS(C)(=O)=O. The molecule has 0 bridgehead atoms. The number of aryl methyl sites for hydroxylation is 1. The molecule has 2 aromatic carbocycles. The highest BCUT2D eigenvalue weighted by atomic mass is 32.2. The Morgan fingerprint density at radius 2 is 1.71 bits per heavy atom. The second-order valence-electron chi connectivity index (χ2n) is 7.86. The summed E-state index contributed by atoms with van der Waals surface area (Å²) in [7, 11) is -3.32. The van der Waals surface area contributed by atoms with E-state index in [1.165, 1.54) is 5.56 Å². The van der Waals surface area contributed by atoms with E-state index in [9.17, 15) is 13.2 Å². The maximum absolute atomic E-state index is 12.0. The van der Waals surface area contributed by atoms with Crippen LogP contribution in [-0.2, 0) is 26.8 Å². The number of rotatable bonds is 7. The largest absolute Gasteiger partial charge is 0.484 e. The summed E-state index contributed by atoms with van der Waals surface area (Å²) in [4.78, 5) is 12.0. The summed E-state index contributed by atoms with van der Waals surface area (Å²) in [6, 6.07) is 13.0. The number of benzene rings is 2. The Morgan fingerprint density at radius 3 is 2.25 bits per heavy atom. The lowest BCUT2D eigenvalue weighted by Crippen LogP contribution is -2.28. The van der Waals surface area contributed by atoms with Crippen LogP contribution < -0.4 is 14.8 Å². The van der Waals surface area contributed by atoms with Gasteiger partial charge in [-0.3, -0.25) is 9.52 Å². The van der Waals surface area contributed by atoms with E-state index in [0.717, 1.165) is 17.4 Å². The van der Waals surface area contributed by atoms with Crippen molar-refractivity contribution in [3.63, 3.8) is 0 Å². The molecular formula is C21H28N2O4S. The first-order chi connectivity index (χ1) is 12.9. The first kappa shape index (κ1) is 21.8. The van der Waals surface area contributed by atoms with Gasteiger partial charge < -0.3 is 10.1 Å². The second-order valence-corrected chi connectivity index (χ2v) is 9.61. The minimum atomic E-state index is -3.32. The number of hydrogen-bond donors (Lipinski definition) is 2. The number of carbonyl (C=O) groups is 1. The number of amides is 1. The molecule has 28 heavy (non-hydrogen) atoms. The van der Waals surface area contributed by atoms with Crippen molar-refractivity contribution >= 4 is 21.6 Å². The number of nitrogens with one attached hydrogen (secondary N) is 2. The smallest absolute Gasteiger partial charge is 0.258 e. The predicted octanol–water partition coefficient (Wildman–Crippen LogP) is 3.36. The maximum atomic E-state index is 12.0. The Labute approximate surface area is 167 Å². The fraction of sp³-hybridized carbons (Fsp3) is 0.381. The number of anilines is 1. The van der Waals surface area contributed by atoms with Gasteiger partial charge in [-0.15, -0.1) is 0 Å². The molecule has 0 unspecified atom stereocenters. The monoisotopic (exact) mass is 404 g/mol. The lowest BCUT2D eigenvalue weighted by Gasteiger charge is -2.19.